The molecule has 0 unspecified atom stereocenters. The number of isocyanates is 1. The lowest BCUT2D eigenvalue weighted by molar-refractivity contribution is 0.565. The molecule has 0 aliphatic heterocycles. The van der Waals surface area contributed by atoms with Crippen LogP contribution >= 0.6 is 0 Å². The molecule has 0 saturated heterocycles. The third-order valence-corrected chi connectivity index (χ3v) is 1.89. The van der Waals surface area contributed by atoms with Crippen LogP contribution in [0.25, 0.3) is 17.0 Å². The zero-order valence-corrected chi connectivity index (χ0v) is 7.31. The molecule has 1 aromatic carbocycles. The van der Waals surface area contributed by atoms with Gasteiger partial charge in [-0.3, -0.25) is 0 Å². The van der Waals surface area contributed by atoms with E-state index in [1.54, 1.807) is 12.3 Å². The molecule has 2 aromatic rings. The van der Waals surface area contributed by atoms with Gasteiger partial charge >= 0.3 is 0 Å². The number of fused-ring (bicyclic) bond motifs is 1. The van der Waals surface area contributed by atoms with Crippen LogP contribution in [0.4, 0.5) is 0 Å². The van der Waals surface area contributed by atoms with E-state index in [2.05, 4.69) is 4.99 Å². The second-order valence-electron chi connectivity index (χ2n) is 2.72. The molecule has 0 aliphatic rings. The molecule has 68 valence electrons. The van der Waals surface area contributed by atoms with Crippen molar-refractivity contribution >= 4 is 23.1 Å². The number of furan rings is 1. The van der Waals surface area contributed by atoms with E-state index in [-0.39, 0.29) is 0 Å². The van der Waals surface area contributed by atoms with Crippen molar-refractivity contribution in [1.82, 2.24) is 0 Å². The van der Waals surface area contributed by atoms with E-state index in [9.17, 15) is 4.79 Å². The molecular formula is C11H7NO2. The van der Waals surface area contributed by atoms with Crippen LogP contribution in [0.2, 0.25) is 0 Å². The Bertz CT molecular complexity index is 519. The molecular weight excluding hydrogens is 178 g/mol. The van der Waals surface area contributed by atoms with Crippen molar-refractivity contribution in [1.29, 1.82) is 0 Å². The zero-order chi connectivity index (χ0) is 9.80. The fraction of sp³-hybridized carbons (Fsp3) is 0. The molecule has 2 rings (SSSR count). The lowest BCUT2D eigenvalue weighted by Crippen LogP contribution is -1.66. The molecule has 0 fully saturated rings. The van der Waals surface area contributed by atoms with Gasteiger partial charge in [-0.2, -0.15) is 4.99 Å². The number of rotatable bonds is 2. The lowest BCUT2D eigenvalue weighted by atomic mass is 10.2. The Morgan fingerprint density at radius 2 is 2.21 bits per heavy atom. The summed E-state index contributed by atoms with van der Waals surface area (Å²) in [6, 6.07) is 7.67. The molecule has 1 heterocycles. The molecule has 14 heavy (non-hydrogen) atoms. The minimum Gasteiger partial charge on any atom is -0.464 e. The monoisotopic (exact) mass is 185 g/mol. The van der Waals surface area contributed by atoms with Crippen molar-refractivity contribution in [3.63, 3.8) is 0 Å². The number of hydrogen-bond acceptors (Lipinski definition) is 3. The normalized spacial score (nSPS) is 10.6. The molecule has 0 amide bonds. The van der Waals surface area contributed by atoms with Crippen LogP contribution in [0.15, 0.2) is 46.1 Å². The van der Waals surface area contributed by atoms with Crippen LogP contribution in [0.3, 0.4) is 0 Å². The van der Waals surface area contributed by atoms with Gasteiger partial charge in [0, 0.05) is 17.1 Å². The first-order valence-corrected chi connectivity index (χ1v) is 4.11. The average molecular weight is 185 g/mol. The standard InChI is InChI=1S/C11H7NO2/c13-8-12-6-5-9-7-14-11-4-2-1-3-10(9)11/h1-7H. The summed E-state index contributed by atoms with van der Waals surface area (Å²) in [5.74, 6) is 0. The Balaban J connectivity index is 2.48. The fourth-order valence-corrected chi connectivity index (χ4v) is 1.28. The fourth-order valence-electron chi connectivity index (χ4n) is 1.28. The number of benzene rings is 1. The van der Waals surface area contributed by atoms with Crippen LogP contribution < -0.4 is 0 Å². The molecule has 1 aromatic heterocycles. The van der Waals surface area contributed by atoms with E-state index in [0.717, 1.165) is 16.5 Å². The quantitative estimate of drug-likeness (QED) is 0.533. The second kappa shape index (κ2) is 3.73. The first-order chi connectivity index (χ1) is 6.92. The van der Waals surface area contributed by atoms with E-state index in [0.29, 0.717) is 0 Å². The Kier molecular flexibility index (Phi) is 2.26. The van der Waals surface area contributed by atoms with Crippen molar-refractivity contribution in [2.75, 3.05) is 0 Å². The summed E-state index contributed by atoms with van der Waals surface area (Å²) in [5.41, 5.74) is 1.72. The number of para-hydroxylation sites is 1. The highest BCUT2D eigenvalue weighted by atomic mass is 16.3. The van der Waals surface area contributed by atoms with Crippen molar-refractivity contribution < 1.29 is 9.21 Å². The highest BCUT2D eigenvalue weighted by molar-refractivity contribution is 5.86. The van der Waals surface area contributed by atoms with Gasteiger partial charge in [0.2, 0.25) is 6.08 Å². The maximum atomic E-state index is 9.83. The van der Waals surface area contributed by atoms with Crippen LogP contribution in [-0.4, -0.2) is 6.08 Å². The van der Waals surface area contributed by atoms with Gasteiger partial charge < -0.3 is 4.42 Å². The van der Waals surface area contributed by atoms with E-state index < -0.39 is 0 Å². The molecule has 0 bridgehead atoms. The Morgan fingerprint density at radius 3 is 3.07 bits per heavy atom. The summed E-state index contributed by atoms with van der Waals surface area (Å²) in [6.07, 6.45) is 6.16. The topological polar surface area (TPSA) is 42.6 Å². The van der Waals surface area contributed by atoms with Crippen molar-refractivity contribution in [3.05, 3.63) is 42.3 Å². The van der Waals surface area contributed by atoms with Crippen molar-refractivity contribution in [3.8, 4) is 0 Å². The first kappa shape index (κ1) is 8.48. The Morgan fingerprint density at radius 1 is 1.36 bits per heavy atom. The van der Waals surface area contributed by atoms with Crippen molar-refractivity contribution in [2.45, 2.75) is 0 Å². The van der Waals surface area contributed by atoms with Crippen molar-refractivity contribution in [2.24, 2.45) is 4.99 Å². The smallest absolute Gasteiger partial charge is 0.239 e. The van der Waals surface area contributed by atoms with E-state index in [1.807, 2.05) is 24.3 Å². The SMILES string of the molecule is O=C=NC=Cc1coc2ccccc12. The Hall–Kier alpha value is -2.12. The van der Waals surface area contributed by atoms with Crippen LogP contribution in [0.1, 0.15) is 5.56 Å². The second-order valence-corrected chi connectivity index (χ2v) is 2.72. The summed E-state index contributed by atoms with van der Waals surface area (Å²) >= 11 is 0. The van der Waals surface area contributed by atoms with Gasteiger partial charge in [0.15, 0.2) is 0 Å². The van der Waals surface area contributed by atoms with E-state index in [1.165, 1.54) is 12.3 Å². The maximum absolute atomic E-state index is 9.83. The van der Waals surface area contributed by atoms with Gasteiger partial charge in [-0.05, 0) is 12.1 Å². The van der Waals surface area contributed by atoms with Gasteiger partial charge in [0.05, 0.1) is 6.26 Å². The average Bonchev–Trinajstić information content (AvgIpc) is 2.63. The molecule has 3 nitrogen and oxygen atoms in total. The third-order valence-electron chi connectivity index (χ3n) is 1.89. The van der Waals surface area contributed by atoms with Crippen LogP contribution in [-0.2, 0) is 4.79 Å². The van der Waals surface area contributed by atoms with Gasteiger partial charge in [0.25, 0.3) is 0 Å². The molecule has 0 N–H and O–H groups in total. The lowest BCUT2D eigenvalue weighted by Gasteiger charge is -1.86. The molecule has 0 radical (unpaired) electrons. The predicted molar refractivity (Wildman–Crippen MR) is 53.4 cm³/mol. The number of hydrogen-bond donors (Lipinski definition) is 0. The Labute approximate surface area is 80.4 Å². The molecule has 0 atom stereocenters. The molecule has 0 aliphatic carbocycles. The molecule has 0 spiro atoms. The van der Waals surface area contributed by atoms with Gasteiger partial charge in [-0.15, -0.1) is 0 Å². The van der Waals surface area contributed by atoms with Crippen LogP contribution in [0, 0.1) is 0 Å². The third kappa shape index (κ3) is 1.49. The van der Waals surface area contributed by atoms with E-state index >= 15 is 0 Å². The number of nitrogens with zero attached hydrogens (tertiary/aromatic N) is 1. The molecule has 0 saturated carbocycles. The maximum Gasteiger partial charge on any atom is 0.239 e. The summed E-state index contributed by atoms with van der Waals surface area (Å²) in [6.45, 7) is 0. The first-order valence-electron chi connectivity index (χ1n) is 4.11. The predicted octanol–water partition coefficient (Wildman–Crippen LogP) is 2.74. The van der Waals surface area contributed by atoms with Gasteiger partial charge in [-0.25, -0.2) is 4.79 Å². The van der Waals surface area contributed by atoms with Crippen LogP contribution in [0.5, 0.6) is 0 Å². The summed E-state index contributed by atoms with van der Waals surface area (Å²) in [7, 11) is 0. The highest BCUT2D eigenvalue weighted by Crippen LogP contribution is 2.21. The van der Waals surface area contributed by atoms with E-state index in [4.69, 9.17) is 4.42 Å². The highest BCUT2D eigenvalue weighted by Gasteiger charge is 2.00. The van der Waals surface area contributed by atoms with Gasteiger partial charge in [-0.1, -0.05) is 18.2 Å². The zero-order valence-electron chi connectivity index (χ0n) is 7.31. The molecule has 3 heteroatoms. The van der Waals surface area contributed by atoms with Gasteiger partial charge in [0.1, 0.15) is 5.58 Å². The largest absolute Gasteiger partial charge is 0.464 e. The summed E-state index contributed by atoms with van der Waals surface area (Å²) < 4.78 is 5.29. The summed E-state index contributed by atoms with van der Waals surface area (Å²) in [4.78, 5) is 13.2. The minimum atomic E-state index is 0.822. The number of carbonyl (C=O) groups excluding carboxylic acids is 1. The summed E-state index contributed by atoms with van der Waals surface area (Å²) in [5, 5.41) is 1.00. The number of aliphatic imine (C=N–C) groups is 1. The minimum absolute atomic E-state index is 0.822.